The second-order valence-corrected chi connectivity index (χ2v) is 29.8. The number of hydrogen-bond acceptors (Lipinski definition) is 9. The zero-order chi connectivity index (χ0) is 27.5. The number of aliphatic hydroxyl groups excluding tert-OH is 1. The van der Waals surface area contributed by atoms with Crippen molar-refractivity contribution in [2.24, 2.45) is 11.7 Å². The van der Waals surface area contributed by atoms with Crippen molar-refractivity contribution in [3.63, 3.8) is 0 Å². The fourth-order valence-electron chi connectivity index (χ4n) is 5.57. The third kappa shape index (κ3) is 4.18. The molecule has 1 fully saturated rings. The number of hydrogen-bond donors (Lipinski definition) is 4. The van der Waals surface area contributed by atoms with E-state index in [4.69, 9.17) is 10.5 Å². The number of phenols is 1. The molecule has 2 aliphatic heterocycles. The van der Waals surface area contributed by atoms with Crippen molar-refractivity contribution in [1.29, 1.82) is 0 Å². The Morgan fingerprint density at radius 3 is 2.32 bits per heavy atom. The first-order valence-corrected chi connectivity index (χ1v) is 22.2. The number of aliphatic hydroxyl groups is 1. The summed E-state index contributed by atoms with van der Waals surface area (Å²) in [4.78, 5) is 56.4. The minimum atomic E-state index is -6.03. The Balaban J connectivity index is 1.91. The second kappa shape index (κ2) is 9.75. The molecule has 1 aromatic carbocycles. The molecule has 3 aliphatic rings. The van der Waals surface area contributed by atoms with E-state index in [1.54, 1.807) is 19.1 Å². The van der Waals surface area contributed by atoms with Crippen LogP contribution in [-0.4, -0.2) is 63.2 Å². The Morgan fingerprint density at radius 1 is 1.16 bits per heavy atom. The maximum atomic E-state index is 14.0. The molecule has 12 heteroatoms. The van der Waals surface area contributed by atoms with Crippen molar-refractivity contribution in [2.45, 2.75) is 49.1 Å². The summed E-state index contributed by atoms with van der Waals surface area (Å²) in [6, 6.07) is 4.71. The molecular formula is C25H34I2N2O8. The van der Waals surface area contributed by atoms with E-state index in [2.05, 4.69) is 0 Å². The Morgan fingerprint density at radius 2 is 1.78 bits per heavy atom. The van der Waals surface area contributed by atoms with E-state index in [9.17, 15) is 32.8 Å². The summed E-state index contributed by atoms with van der Waals surface area (Å²) in [5.41, 5.74) is 5.45. The zero-order valence-electron chi connectivity index (χ0n) is 21.2. The summed E-state index contributed by atoms with van der Waals surface area (Å²) >= 11 is -9.42. The van der Waals surface area contributed by atoms with Crippen LogP contribution >= 0.6 is 37.3 Å². The van der Waals surface area contributed by atoms with Crippen LogP contribution in [-0.2, 0) is 19.1 Å². The van der Waals surface area contributed by atoms with Crippen LogP contribution in [0.2, 0.25) is 0 Å². The number of phenolic OH excluding ortho intramolecular Hbond substituents is 1. The number of nitrogens with zero attached hydrogens (tertiary/aromatic N) is 1. The van der Waals surface area contributed by atoms with E-state index in [0.29, 0.717) is 18.4 Å². The van der Waals surface area contributed by atoms with Gasteiger partial charge in [0.1, 0.15) is 0 Å². The Hall–Kier alpha value is -1.78. The number of fused-ring (bicyclic) bond motifs is 1. The van der Waals surface area contributed by atoms with Gasteiger partial charge in [-0.05, 0) is 0 Å². The van der Waals surface area contributed by atoms with Crippen LogP contribution in [0.1, 0.15) is 58.9 Å². The maximum absolute atomic E-state index is 14.0. The van der Waals surface area contributed by atoms with Gasteiger partial charge in [-0.1, -0.05) is 0 Å². The molecule has 206 valence electrons. The van der Waals surface area contributed by atoms with Gasteiger partial charge in [-0.3, -0.25) is 0 Å². The molecule has 0 aromatic heterocycles. The molecule has 1 aromatic rings. The number of benzene rings is 1. The molecule has 5 N–H and O–H groups in total. The number of alkyl halides is 5. The Labute approximate surface area is 224 Å². The average Bonchev–Trinajstić information content (AvgIpc) is 3.17. The van der Waals surface area contributed by atoms with Gasteiger partial charge in [-0.15, -0.1) is 0 Å². The van der Waals surface area contributed by atoms with Gasteiger partial charge in [0, 0.05) is 0 Å². The Bertz CT molecular complexity index is 1220. The number of primary amides is 1. The van der Waals surface area contributed by atoms with Gasteiger partial charge < -0.3 is 0 Å². The van der Waals surface area contributed by atoms with Crippen LogP contribution in [0.5, 0.6) is 5.75 Å². The number of halogens is 2. The minimum absolute atomic E-state index is 0.118. The fourth-order valence-corrected chi connectivity index (χ4v) is 36.9. The number of nitrogens with two attached hydrogens (primary N) is 1. The summed E-state index contributed by atoms with van der Waals surface area (Å²) in [6.45, 7) is 1.77. The zero-order valence-corrected chi connectivity index (χ0v) is 25.6. The molecule has 3 atom stereocenters. The van der Waals surface area contributed by atoms with E-state index < -0.39 is 84.1 Å². The number of ether oxygens (including phenoxy) is 1. The van der Waals surface area contributed by atoms with Gasteiger partial charge in [0.25, 0.3) is 0 Å². The van der Waals surface area contributed by atoms with Crippen molar-refractivity contribution < 1.29 is 37.6 Å². The third-order valence-corrected chi connectivity index (χ3v) is 34.9. The van der Waals surface area contributed by atoms with Crippen molar-refractivity contribution >= 4 is 56.7 Å². The van der Waals surface area contributed by atoms with E-state index >= 15 is 0 Å². The van der Waals surface area contributed by atoms with Crippen molar-refractivity contribution in [2.75, 3.05) is 19.0 Å². The topological polar surface area (TPSA) is 167 Å². The molecular weight excluding hydrogens is 710 g/mol. The van der Waals surface area contributed by atoms with Gasteiger partial charge in [0.2, 0.25) is 0 Å². The van der Waals surface area contributed by atoms with E-state index in [0.717, 1.165) is 19.3 Å². The normalized spacial score (nSPS) is 28.1. The number of likely N-dealkylation sites (N-methyl/N-ethyl adjacent to an activating group) is 1. The van der Waals surface area contributed by atoms with Gasteiger partial charge in [0.05, 0.1) is 0 Å². The number of carbonyl (C=O) groups is 4. The molecule has 0 bridgehead atoms. The number of aromatic hydroxyl groups is 1. The third-order valence-electron chi connectivity index (χ3n) is 7.36. The van der Waals surface area contributed by atoms with Crippen LogP contribution in [0.15, 0.2) is 29.5 Å². The van der Waals surface area contributed by atoms with Crippen LogP contribution in [0.3, 0.4) is 0 Å². The van der Waals surface area contributed by atoms with Crippen LogP contribution in [0, 0.1) is 5.92 Å². The van der Waals surface area contributed by atoms with Gasteiger partial charge in [0.15, 0.2) is 0 Å². The number of esters is 1. The predicted octanol–water partition coefficient (Wildman–Crippen LogP) is 3.36. The standard InChI is InChI=1S/C25H34I2N2O8/c1-13-15-11-8-12-16(30)17(15)20(32)26(13)25(37-24(35)14-9-6-5-7-10-14)27(2,36)21(29(3)4)19(31)18(22(27)33)23(28)34/h8,11-14,21,25,30-31,36H,5-7,9-10H2,1-4H3,(H2,28,34)/t13-,21+,25-/m0/s1. The Kier molecular flexibility index (Phi) is 7.44. The molecule has 10 nitrogen and oxygen atoms in total. The van der Waals surface area contributed by atoms with Gasteiger partial charge >= 0.3 is 225 Å². The van der Waals surface area contributed by atoms with Gasteiger partial charge in [-0.25, -0.2) is 0 Å². The van der Waals surface area contributed by atoms with E-state index in [1.807, 2.05) is 0 Å². The molecule has 0 saturated heterocycles. The predicted molar refractivity (Wildman–Crippen MR) is 155 cm³/mol. The van der Waals surface area contributed by atoms with Gasteiger partial charge in [-0.2, -0.15) is 0 Å². The summed E-state index contributed by atoms with van der Waals surface area (Å²) in [7, 11) is 3.06. The quantitative estimate of drug-likeness (QED) is 0.0854. The summed E-state index contributed by atoms with van der Waals surface area (Å²) < 4.78 is 14.1. The molecule has 37 heavy (non-hydrogen) atoms. The molecule has 1 amide bonds. The first-order chi connectivity index (χ1) is 17.2. The molecule has 0 unspecified atom stereocenters. The summed E-state index contributed by atoms with van der Waals surface area (Å²) in [6.07, 6.45) is 3.88. The van der Waals surface area contributed by atoms with Crippen molar-refractivity contribution in [3.05, 3.63) is 40.7 Å². The SMILES string of the molecule is C[C@H]1c2cccc(O)c2C(=O)I1[C@H](OC(=O)C1CCCCC1)I1(C)(O)C(=O)C(C(N)=O)=C(O)[C@H]1N(C)C. The molecule has 0 spiro atoms. The van der Waals surface area contributed by atoms with Crippen LogP contribution < -0.4 is 5.73 Å². The first-order valence-electron chi connectivity index (χ1n) is 11.9. The number of carbonyl (C=O) groups excluding carboxylic acids is 4. The summed E-state index contributed by atoms with van der Waals surface area (Å²) in [5, 5.41) is 21.6. The average molecular weight is 744 g/mol. The van der Waals surface area contributed by atoms with E-state index in [-0.39, 0.29) is 11.3 Å². The van der Waals surface area contributed by atoms with Crippen LogP contribution in [0.25, 0.3) is 0 Å². The van der Waals surface area contributed by atoms with Crippen molar-refractivity contribution in [1.82, 2.24) is 4.90 Å². The second-order valence-electron chi connectivity index (χ2n) is 10.1. The number of amides is 1. The molecule has 0 radical (unpaired) electrons. The number of rotatable bonds is 6. The first kappa shape index (κ1) is 28.2. The van der Waals surface area contributed by atoms with Crippen molar-refractivity contribution in [3.8, 4) is 5.75 Å². The molecule has 1 aliphatic carbocycles. The van der Waals surface area contributed by atoms with E-state index in [1.165, 1.54) is 30.0 Å². The fraction of sp³-hybridized carbons (Fsp3) is 0.520. The molecule has 2 heterocycles. The monoisotopic (exact) mass is 744 g/mol. The van der Waals surface area contributed by atoms with Crippen LogP contribution in [0.4, 0.5) is 0 Å². The summed E-state index contributed by atoms with van der Waals surface area (Å²) in [5.74, 6) is -3.08. The molecule has 4 rings (SSSR count). The molecule has 1 saturated carbocycles.